The van der Waals surface area contributed by atoms with Crippen LogP contribution in [0.1, 0.15) is 32.1 Å². The quantitative estimate of drug-likeness (QED) is 0.668. The summed E-state index contributed by atoms with van der Waals surface area (Å²) < 4.78 is 0. The van der Waals surface area contributed by atoms with Crippen molar-refractivity contribution in [2.45, 2.75) is 43.3 Å². The van der Waals surface area contributed by atoms with E-state index in [9.17, 15) is 4.79 Å². The second-order valence-electron chi connectivity index (χ2n) is 5.22. The van der Waals surface area contributed by atoms with Gasteiger partial charge in [0.25, 0.3) is 0 Å². The molecule has 2 aromatic rings. The molecular formula is C14H18N4OS2. The van der Waals surface area contributed by atoms with Crippen LogP contribution in [0.25, 0.3) is 10.2 Å². The fraction of sp³-hybridized carbons (Fsp3) is 0.500. The lowest BCUT2D eigenvalue weighted by Gasteiger charge is -2.22. The van der Waals surface area contributed by atoms with Gasteiger partial charge in [-0.25, -0.2) is 9.97 Å². The summed E-state index contributed by atoms with van der Waals surface area (Å²) in [5, 5.41) is 6.49. The second kappa shape index (κ2) is 6.62. The summed E-state index contributed by atoms with van der Waals surface area (Å²) in [6, 6.07) is 2.26. The standard InChI is InChI=1S/C14H18N4OS2/c15-12-10-6-7-20-13(10)18-14(17-12)21-8-11(19)16-9-4-2-1-3-5-9/h6-7,9H,1-5,8H2,(H,16,19)(H2,15,17,18). The van der Waals surface area contributed by atoms with Crippen LogP contribution in [0.15, 0.2) is 16.6 Å². The molecule has 0 saturated heterocycles. The Morgan fingerprint density at radius 2 is 2.19 bits per heavy atom. The highest BCUT2D eigenvalue weighted by Gasteiger charge is 2.16. The van der Waals surface area contributed by atoms with Gasteiger partial charge in [0.2, 0.25) is 5.91 Å². The summed E-state index contributed by atoms with van der Waals surface area (Å²) in [6.45, 7) is 0. The number of thiophene rings is 1. The van der Waals surface area contributed by atoms with E-state index in [2.05, 4.69) is 15.3 Å². The molecule has 0 spiro atoms. The molecule has 1 aliphatic carbocycles. The minimum Gasteiger partial charge on any atom is -0.383 e. The highest BCUT2D eigenvalue weighted by atomic mass is 32.2. The Morgan fingerprint density at radius 1 is 1.38 bits per heavy atom. The normalized spacial score (nSPS) is 16.2. The van der Waals surface area contributed by atoms with E-state index in [-0.39, 0.29) is 5.91 Å². The summed E-state index contributed by atoms with van der Waals surface area (Å²) in [6.07, 6.45) is 5.91. The van der Waals surface area contributed by atoms with Crippen LogP contribution in [0, 0.1) is 0 Å². The number of nitrogens with zero attached hydrogens (tertiary/aromatic N) is 2. The van der Waals surface area contributed by atoms with Crippen LogP contribution < -0.4 is 11.1 Å². The first-order valence-corrected chi connectivity index (χ1v) is 9.02. The zero-order valence-corrected chi connectivity index (χ0v) is 13.3. The van der Waals surface area contributed by atoms with Crippen molar-refractivity contribution < 1.29 is 4.79 Å². The van der Waals surface area contributed by atoms with E-state index in [4.69, 9.17) is 5.73 Å². The number of rotatable bonds is 4. The number of hydrogen-bond donors (Lipinski definition) is 2. The molecule has 0 atom stereocenters. The van der Waals surface area contributed by atoms with Crippen molar-refractivity contribution in [2.24, 2.45) is 0 Å². The van der Waals surface area contributed by atoms with E-state index < -0.39 is 0 Å². The molecule has 3 N–H and O–H groups in total. The van der Waals surface area contributed by atoms with Gasteiger partial charge in [-0.05, 0) is 24.3 Å². The Labute approximate surface area is 131 Å². The van der Waals surface area contributed by atoms with Gasteiger partial charge < -0.3 is 11.1 Å². The molecule has 0 aliphatic heterocycles. The molecule has 112 valence electrons. The topological polar surface area (TPSA) is 80.9 Å². The molecule has 1 saturated carbocycles. The molecule has 0 radical (unpaired) electrons. The predicted octanol–water partition coefficient (Wildman–Crippen LogP) is 2.81. The first-order chi connectivity index (χ1) is 10.2. The highest BCUT2D eigenvalue weighted by molar-refractivity contribution is 7.99. The molecule has 1 fully saturated rings. The summed E-state index contributed by atoms with van der Waals surface area (Å²) >= 11 is 2.88. The number of carbonyl (C=O) groups is 1. The molecule has 2 heterocycles. The van der Waals surface area contributed by atoms with E-state index in [1.807, 2.05) is 11.4 Å². The maximum atomic E-state index is 12.0. The zero-order chi connectivity index (χ0) is 14.7. The number of nitrogens with one attached hydrogen (secondary N) is 1. The van der Waals surface area contributed by atoms with Crippen LogP contribution in [-0.4, -0.2) is 27.7 Å². The summed E-state index contributed by atoms with van der Waals surface area (Å²) in [5.41, 5.74) is 5.90. The van der Waals surface area contributed by atoms with E-state index >= 15 is 0 Å². The highest BCUT2D eigenvalue weighted by Crippen LogP contribution is 2.26. The molecule has 1 amide bonds. The van der Waals surface area contributed by atoms with Gasteiger partial charge in [0.1, 0.15) is 10.6 Å². The van der Waals surface area contributed by atoms with Gasteiger partial charge in [-0.3, -0.25) is 4.79 Å². The van der Waals surface area contributed by atoms with Gasteiger partial charge in [-0.15, -0.1) is 11.3 Å². The molecule has 0 unspecified atom stereocenters. The van der Waals surface area contributed by atoms with E-state index in [0.717, 1.165) is 23.1 Å². The first kappa shape index (κ1) is 14.6. The van der Waals surface area contributed by atoms with Crippen LogP contribution >= 0.6 is 23.1 Å². The van der Waals surface area contributed by atoms with Crippen LogP contribution in [0.5, 0.6) is 0 Å². The van der Waals surface area contributed by atoms with Gasteiger partial charge in [0, 0.05) is 6.04 Å². The number of carbonyl (C=O) groups excluding carboxylic acids is 1. The van der Waals surface area contributed by atoms with Crippen LogP contribution in [0.3, 0.4) is 0 Å². The third-order valence-corrected chi connectivity index (χ3v) is 5.29. The predicted molar refractivity (Wildman–Crippen MR) is 87.6 cm³/mol. The first-order valence-electron chi connectivity index (χ1n) is 7.15. The van der Waals surface area contributed by atoms with Crippen molar-refractivity contribution in [2.75, 3.05) is 11.5 Å². The summed E-state index contributed by atoms with van der Waals surface area (Å²) in [5.74, 6) is 0.879. The summed E-state index contributed by atoms with van der Waals surface area (Å²) in [4.78, 5) is 21.5. The average Bonchev–Trinajstić information content (AvgIpc) is 2.95. The number of amides is 1. The Hall–Kier alpha value is -1.34. The van der Waals surface area contributed by atoms with Gasteiger partial charge >= 0.3 is 0 Å². The van der Waals surface area contributed by atoms with Crippen molar-refractivity contribution >= 4 is 45.0 Å². The number of fused-ring (bicyclic) bond motifs is 1. The molecular weight excluding hydrogens is 304 g/mol. The molecule has 21 heavy (non-hydrogen) atoms. The lowest BCUT2D eigenvalue weighted by Crippen LogP contribution is -2.37. The lowest BCUT2D eigenvalue weighted by atomic mass is 9.95. The minimum absolute atomic E-state index is 0.0559. The molecule has 5 nitrogen and oxygen atoms in total. The third kappa shape index (κ3) is 3.65. The Kier molecular flexibility index (Phi) is 4.60. The van der Waals surface area contributed by atoms with Crippen molar-refractivity contribution in [3.05, 3.63) is 11.4 Å². The van der Waals surface area contributed by atoms with Crippen LogP contribution in [0.2, 0.25) is 0 Å². The maximum Gasteiger partial charge on any atom is 0.230 e. The third-order valence-electron chi connectivity index (χ3n) is 3.64. The number of anilines is 1. The van der Waals surface area contributed by atoms with Crippen LogP contribution in [0.4, 0.5) is 5.82 Å². The monoisotopic (exact) mass is 322 g/mol. The van der Waals surface area contributed by atoms with Gasteiger partial charge in [0.05, 0.1) is 11.1 Å². The van der Waals surface area contributed by atoms with E-state index in [1.165, 1.54) is 42.4 Å². The van der Waals surface area contributed by atoms with Crippen LogP contribution in [-0.2, 0) is 4.79 Å². The molecule has 2 aromatic heterocycles. The van der Waals surface area contributed by atoms with Gasteiger partial charge in [-0.1, -0.05) is 31.0 Å². The average molecular weight is 322 g/mol. The molecule has 3 rings (SSSR count). The fourth-order valence-electron chi connectivity index (χ4n) is 2.57. The van der Waals surface area contributed by atoms with Crippen molar-refractivity contribution in [1.82, 2.24) is 15.3 Å². The van der Waals surface area contributed by atoms with Crippen molar-refractivity contribution in [3.8, 4) is 0 Å². The Morgan fingerprint density at radius 3 is 3.00 bits per heavy atom. The summed E-state index contributed by atoms with van der Waals surface area (Å²) in [7, 11) is 0. The Balaban J connectivity index is 1.56. The zero-order valence-electron chi connectivity index (χ0n) is 11.7. The number of aromatic nitrogens is 2. The maximum absolute atomic E-state index is 12.0. The van der Waals surface area contributed by atoms with Crippen molar-refractivity contribution in [1.29, 1.82) is 0 Å². The molecule has 0 bridgehead atoms. The van der Waals surface area contributed by atoms with E-state index in [1.54, 1.807) is 0 Å². The second-order valence-corrected chi connectivity index (χ2v) is 7.06. The van der Waals surface area contributed by atoms with Crippen molar-refractivity contribution in [3.63, 3.8) is 0 Å². The Bertz CT molecular complexity index is 637. The lowest BCUT2D eigenvalue weighted by molar-refractivity contribution is -0.119. The number of thioether (sulfide) groups is 1. The van der Waals surface area contributed by atoms with Gasteiger partial charge in [-0.2, -0.15) is 0 Å². The molecule has 1 aliphatic rings. The molecule has 7 heteroatoms. The van der Waals surface area contributed by atoms with Gasteiger partial charge in [0.15, 0.2) is 5.16 Å². The molecule has 0 aromatic carbocycles. The smallest absolute Gasteiger partial charge is 0.230 e. The fourth-order valence-corrected chi connectivity index (χ4v) is 4.06. The van der Waals surface area contributed by atoms with E-state index in [0.29, 0.717) is 22.8 Å². The number of hydrogen-bond acceptors (Lipinski definition) is 6. The SMILES string of the molecule is Nc1nc(SCC(=O)NC2CCCCC2)nc2sccc12. The minimum atomic E-state index is 0.0559. The largest absolute Gasteiger partial charge is 0.383 e. The number of nitrogens with two attached hydrogens (primary N) is 1. The number of nitrogen functional groups attached to an aromatic ring is 1.